The van der Waals surface area contributed by atoms with Crippen LogP contribution in [0.25, 0.3) is 11.2 Å². The minimum Gasteiger partial charge on any atom is -0.340 e. The van der Waals surface area contributed by atoms with Crippen LogP contribution in [-0.2, 0) is 0 Å². The number of fused-ring (bicyclic) bond motifs is 2. The monoisotopic (exact) mass is 323 g/mol. The first-order chi connectivity index (χ1) is 10.2. The number of nitrogens with one attached hydrogen (secondary N) is 1. The molecule has 3 atom stereocenters. The van der Waals surface area contributed by atoms with Crippen molar-refractivity contribution in [2.24, 2.45) is 11.8 Å². The smallest absolute Gasteiger partial charge is 0.179 e. The first-order valence-corrected chi connectivity index (χ1v) is 8.68. The van der Waals surface area contributed by atoms with Crippen LogP contribution in [0.1, 0.15) is 56.7 Å². The van der Waals surface area contributed by atoms with Gasteiger partial charge in [-0.25, -0.2) is 9.97 Å². The van der Waals surface area contributed by atoms with Gasteiger partial charge in [-0.2, -0.15) is 0 Å². The van der Waals surface area contributed by atoms with Gasteiger partial charge in [-0.3, -0.25) is 0 Å². The second-order valence-electron chi connectivity index (χ2n) is 6.57. The summed E-state index contributed by atoms with van der Waals surface area (Å²) in [6.45, 7) is 0. The van der Waals surface area contributed by atoms with Gasteiger partial charge < -0.3 is 4.98 Å². The molecule has 0 amide bonds. The Morgan fingerprint density at radius 1 is 1.00 bits per heavy atom. The van der Waals surface area contributed by atoms with Crippen LogP contribution in [0.5, 0.6) is 0 Å². The number of H-pyrrole nitrogens is 1. The molecule has 2 aliphatic carbocycles. The number of rotatable bonds is 1. The van der Waals surface area contributed by atoms with Crippen LogP contribution in [0.2, 0.25) is 10.2 Å². The Kier molecular flexibility index (Phi) is 3.58. The molecule has 0 aromatic carbocycles. The highest BCUT2D eigenvalue weighted by Crippen LogP contribution is 2.45. The Balaban J connectivity index is 1.61. The Labute approximate surface area is 134 Å². The zero-order valence-electron chi connectivity index (χ0n) is 11.9. The van der Waals surface area contributed by atoms with Crippen molar-refractivity contribution in [2.45, 2.75) is 50.9 Å². The van der Waals surface area contributed by atoms with E-state index >= 15 is 0 Å². The number of aromatic amines is 1. The Hall–Kier alpha value is -0.800. The highest BCUT2D eigenvalue weighted by atomic mass is 35.5. The van der Waals surface area contributed by atoms with Crippen LogP contribution >= 0.6 is 23.2 Å². The van der Waals surface area contributed by atoms with Gasteiger partial charge in [-0.1, -0.05) is 48.9 Å². The maximum Gasteiger partial charge on any atom is 0.179 e. The van der Waals surface area contributed by atoms with Gasteiger partial charge in [0.1, 0.15) is 11.0 Å². The zero-order chi connectivity index (χ0) is 14.4. The predicted octanol–water partition coefficient (Wildman–Crippen LogP) is 5.34. The molecule has 0 saturated heterocycles. The van der Waals surface area contributed by atoms with Crippen LogP contribution in [0.3, 0.4) is 0 Å². The van der Waals surface area contributed by atoms with E-state index in [-0.39, 0.29) is 0 Å². The van der Waals surface area contributed by atoms with Crippen molar-refractivity contribution < 1.29 is 0 Å². The molecule has 2 aromatic heterocycles. The van der Waals surface area contributed by atoms with Gasteiger partial charge >= 0.3 is 0 Å². The van der Waals surface area contributed by atoms with Gasteiger partial charge in [0.05, 0.1) is 10.5 Å². The topological polar surface area (TPSA) is 41.6 Å². The Bertz CT molecular complexity index is 628. The summed E-state index contributed by atoms with van der Waals surface area (Å²) in [5, 5.41) is 0.813. The summed E-state index contributed by atoms with van der Waals surface area (Å²) in [5.41, 5.74) is 1.58. The Morgan fingerprint density at radius 3 is 2.67 bits per heavy atom. The fraction of sp³-hybridized carbons (Fsp3) is 0.625. The van der Waals surface area contributed by atoms with Gasteiger partial charge in [0.15, 0.2) is 5.65 Å². The predicted molar refractivity (Wildman–Crippen MR) is 85.9 cm³/mol. The van der Waals surface area contributed by atoms with Gasteiger partial charge in [-0.05, 0) is 37.2 Å². The fourth-order valence-electron chi connectivity index (χ4n) is 4.23. The number of hydrogen-bond donors (Lipinski definition) is 1. The summed E-state index contributed by atoms with van der Waals surface area (Å²) in [6, 6.07) is 1.83. The third-order valence-corrected chi connectivity index (χ3v) is 6.00. The second-order valence-corrected chi connectivity index (χ2v) is 7.33. The first kappa shape index (κ1) is 13.8. The van der Waals surface area contributed by atoms with Gasteiger partial charge in [0.2, 0.25) is 0 Å². The molecule has 112 valence electrons. The van der Waals surface area contributed by atoms with Crippen molar-refractivity contribution in [3.63, 3.8) is 0 Å². The number of aromatic nitrogens is 3. The number of hydrogen-bond acceptors (Lipinski definition) is 2. The highest BCUT2D eigenvalue weighted by Gasteiger charge is 2.33. The summed E-state index contributed by atoms with van der Waals surface area (Å²) in [6.07, 6.45) is 9.52. The fourth-order valence-corrected chi connectivity index (χ4v) is 4.52. The van der Waals surface area contributed by atoms with E-state index < -0.39 is 0 Å². The third-order valence-electron chi connectivity index (χ3n) is 5.33. The molecule has 0 bridgehead atoms. The third kappa shape index (κ3) is 2.55. The van der Waals surface area contributed by atoms with E-state index in [1.807, 2.05) is 6.07 Å². The molecule has 4 rings (SSSR count). The lowest BCUT2D eigenvalue weighted by Gasteiger charge is -2.38. The second kappa shape index (κ2) is 5.44. The molecule has 2 fully saturated rings. The molecule has 3 unspecified atom stereocenters. The minimum absolute atomic E-state index is 0.332. The van der Waals surface area contributed by atoms with E-state index in [1.54, 1.807) is 0 Å². The molecule has 2 saturated carbocycles. The largest absolute Gasteiger partial charge is 0.340 e. The van der Waals surface area contributed by atoms with Crippen molar-refractivity contribution in [3.05, 3.63) is 22.1 Å². The molecule has 2 aliphatic rings. The summed E-state index contributed by atoms with van der Waals surface area (Å²) in [7, 11) is 0. The van der Waals surface area contributed by atoms with Crippen molar-refractivity contribution in [1.29, 1.82) is 0 Å². The summed E-state index contributed by atoms with van der Waals surface area (Å²) in [5.74, 6) is 3.46. The molecule has 2 heterocycles. The van der Waals surface area contributed by atoms with Crippen LogP contribution < -0.4 is 0 Å². The van der Waals surface area contributed by atoms with Crippen LogP contribution in [0.15, 0.2) is 6.07 Å². The lowest BCUT2D eigenvalue weighted by Crippen LogP contribution is -2.27. The summed E-state index contributed by atoms with van der Waals surface area (Å²) >= 11 is 12.0. The van der Waals surface area contributed by atoms with Crippen LogP contribution in [0, 0.1) is 11.8 Å². The standard InChI is InChI=1S/C16H19Cl2N3/c17-12-8-13-16(20-14(12)18)21-15(19-13)11-6-5-9-3-1-2-4-10(9)7-11/h8-11H,1-7H2,(H,19,20,21). The molecule has 5 heteroatoms. The zero-order valence-corrected chi connectivity index (χ0v) is 13.4. The number of pyridine rings is 1. The average Bonchev–Trinajstić information content (AvgIpc) is 2.90. The van der Waals surface area contributed by atoms with E-state index in [2.05, 4.69) is 15.0 Å². The maximum absolute atomic E-state index is 6.03. The van der Waals surface area contributed by atoms with Crippen LogP contribution in [-0.4, -0.2) is 15.0 Å². The van der Waals surface area contributed by atoms with Crippen molar-refractivity contribution in [2.75, 3.05) is 0 Å². The molecule has 2 aromatic rings. The number of nitrogens with zero attached hydrogens (tertiary/aromatic N) is 2. The maximum atomic E-state index is 6.03. The van der Waals surface area contributed by atoms with Gasteiger partial charge in [-0.15, -0.1) is 0 Å². The van der Waals surface area contributed by atoms with E-state index in [9.17, 15) is 0 Å². The Morgan fingerprint density at radius 2 is 1.81 bits per heavy atom. The lowest BCUT2D eigenvalue weighted by atomic mass is 9.67. The highest BCUT2D eigenvalue weighted by molar-refractivity contribution is 6.41. The molecule has 0 spiro atoms. The average molecular weight is 324 g/mol. The number of imidazole rings is 1. The van der Waals surface area contributed by atoms with E-state index in [0.29, 0.717) is 21.7 Å². The van der Waals surface area contributed by atoms with Crippen molar-refractivity contribution >= 4 is 34.4 Å². The molecule has 0 radical (unpaired) electrons. The molecular weight excluding hydrogens is 305 g/mol. The normalized spacial score (nSPS) is 29.5. The summed E-state index contributed by atoms with van der Waals surface area (Å²) in [4.78, 5) is 12.3. The molecule has 0 aliphatic heterocycles. The van der Waals surface area contributed by atoms with Crippen molar-refractivity contribution in [1.82, 2.24) is 15.0 Å². The quantitative estimate of drug-likeness (QED) is 0.720. The first-order valence-electron chi connectivity index (χ1n) is 7.92. The molecule has 1 N–H and O–H groups in total. The minimum atomic E-state index is 0.332. The van der Waals surface area contributed by atoms with E-state index in [4.69, 9.17) is 23.2 Å². The molecule has 21 heavy (non-hydrogen) atoms. The lowest BCUT2D eigenvalue weighted by molar-refractivity contribution is 0.153. The van der Waals surface area contributed by atoms with Gasteiger partial charge in [0, 0.05) is 5.92 Å². The SMILES string of the molecule is Clc1cc2[nH]c(C3CCC4CCCCC4C3)nc2nc1Cl. The molecule has 3 nitrogen and oxygen atoms in total. The van der Waals surface area contributed by atoms with Crippen LogP contribution in [0.4, 0.5) is 0 Å². The van der Waals surface area contributed by atoms with Gasteiger partial charge in [0.25, 0.3) is 0 Å². The number of halogens is 2. The van der Waals surface area contributed by atoms with E-state index in [0.717, 1.165) is 23.2 Å². The summed E-state index contributed by atoms with van der Waals surface area (Å²) < 4.78 is 0. The van der Waals surface area contributed by atoms with Crippen molar-refractivity contribution in [3.8, 4) is 0 Å². The van der Waals surface area contributed by atoms with E-state index in [1.165, 1.54) is 44.9 Å². The molecular formula is C16H19Cl2N3.